The third kappa shape index (κ3) is 13.4. The fourth-order valence-electron chi connectivity index (χ4n) is 0.266. The van der Waals surface area contributed by atoms with E-state index in [4.69, 9.17) is 10.2 Å². The maximum absolute atomic E-state index is 9.86. The summed E-state index contributed by atoms with van der Waals surface area (Å²) in [6.07, 6.45) is 4.12. The Morgan fingerprint density at radius 3 is 1.62 bits per heavy atom. The summed E-state index contributed by atoms with van der Waals surface area (Å²) in [4.78, 5) is 19.4. The highest BCUT2D eigenvalue weighted by atomic mass is 16.4. The van der Waals surface area contributed by atoms with Crippen LogP contribution in [0.1, 0.15) is 20.8 Å². The minimum atomic E-state index is -0.891. The number of aliphatic carboxylic acids is 2. The molecule has 0 aliphatic rings. The first-order valence-electron chi connectivity index (χ1n) is 3.67. The summed E-state index contributed by atoms with van der Waals surface area (Å²) in [7, 11) is 0. The smallest absolute Gasteiger partial charge is 0.330 e. The summed E-state index contributed by atoms with van der Waals surface area (Å²) in [6, 6.07) is 0. The van der Waals surface area contributed by atoms with Gasteiger partial charge < -0.3 is 10.2 Å². The Bertz CT molecular complexity index is 226. The Balaban J connectivity index is 0. The van der Waals surface area contributed by atoms with E-state index in [2.05, 4.69) is 0 Å². The van der Waals surface area contributed by atoms with Crippen LogP contribution in [-0.2, 0) is 9.59 Å². The largest absolute Gasteiger partial charge is 0.478 e. The lowest BCUT2D eigenvalue weighted by Crippen LogP contribution is -1.93. The average Bonchev–Trinajstić information content (AvgIpc) is 2.03. The zero-order valence-corrected chi connectivity index (χ0v) is 7.94. The maximum atomic E-state index is 9.86. The van der Waals surface area contributed by atoms with Crippen LogP contribution in [0.3, 0.4) is 0 Å². The number of allylic oxidation sites excluding steroid dienone is 2. The van der Waals surface area contributed by atoms with Gasteiger partial charge in [-0.15, -0.1) is 0 Å². The minimum absolute atomic E-state index is 0.389. The molecule has 0 unspecified atom stereocenters. The lowest BCUT2D eigenvalue weighted by atomic mass is 10.3. The number of carboxylic acids is 2. The second-order valence-electron chi connectivity index (χ2n) is 2.12. The van der Waals surface area contributed by atoms with Gasteiger partial charge in [0.2, 0.25) is 0 Å². The molecule has 0 radical (unpaired) electrons. The summed E-state index contributed by atoms with van der Waals surface area (Å²) < 4.78 is 0. The molecule has 0 heterocycles. The van der Waals surface area contributed by atoms with Crippen molar-refractivity contribution in [2.24, 2.45) is 0 Å². The van der Waals surface area contributed by atoms with Crippen LogP contribution >= 0.6 is 0 Å². The number of carboxylic acid groups (broad SMARTS) is 2. The highest BCUT2D eigenvalue weighted by Gasteiger charge is 1.93. The van der Waals surface area contributed by atoms with Crippen molar-refractivity contribution in [3.8, 4) is 0 Å². The Kier molecular flexibility index (Phi) is 9.15. The summed E-state index contributed by atoms with van der Waals surface area (Å²) >= 11 is 0. The van der Waals surface area contributed by atoms with Crippen molar-refractivity contribution < 1.29 is 19.8 Å². The molecule has 0 spiro atoms. The van der Waals surface area contributed by atoms with Gasteiger partial charge in [0.25, 0.3) is 0 Å². The molecule has 0 aliphatic carbocycles. The highest BCUT2D eigenvalue weighted by molar-refractivity contribution is 5.85. The van der Waals surface area contributed by atoms with Crippen LogP contribution in [0.2, 0.25) is 0 Å². The molecule has 4 heteroatoms. The third-order valence-corrected chi connectivity index (χ3v) is 1.08. The van der Waals surface area contributed by atoms with Crippen LogP contribution in [0.15, 0.2) is 23.8 Å². The Morgan fingerprint density at radius 1 is 1.15 bits per heavy atom. The first-order valence-corrected chi connectivity index (χ1v) is 3.67. The molecule has 0 aromatic rings. The lowest BCUT2D eigenvalue weighted by molar-refractivity contribution is -0.133. The summed E-state index contributed by atoms with van der Waals surface area (Å²) in [5, 5.41) is 15.9. The van der Waals surface area contributed by atoms with Gasteiger partial charge in [-0.3, -0.25) is 0 Å². The van der Waals surface area contributed by atoms with Gasteiger partial charge in [-0.25, -0.2) is 9.59 Å². The van der Waals surface area contributed by atoms with Crippen LogP contribution < -0.4 is 0 Å². The molecule has 0 aliphatic heterocycles. The van der Waals surface area contributed by atoms with E-state index < -0.39 is 11.9 Å². The van der Waals surface area contributed by atoms with E-state index in [-0.39, 0.29) is 0 Å². The molecule has 0 saturated carbocycles. The lowest BCUT2D eigenvalue weighted by Gasteiger charge is -1.84. The normalized spacial score (nSPS) is 10.5. The van der Waals surface area contributed by atoms with E-state index in [0.717, 1.165) is 6.08 Å². The molecule has 0 aromatic carbocycles. The zero-order valence-electron chi connectivity index (χ0n) is 7.94. The number of carbonyl (C=O) groups is 2. The van der Waals surface area contributed by atoms with Gasteiger partial charge in [0.15, 0.2) is 0 Å². The van der Waals surface area contributed by atoms with E-state index in [0.29, 0.717) is 5.57 Å². The van der Waals surface area contributed by atoms with Crippen LogP contribution in [0, 0.1) is 0 Å². The van der Waals surface area contributed by atoms with Crippen molar-refractivity contribution in [1.29, 1.82) is 0 Å². The first kappa shape index (κ1) is 14.0. The van der Waals surface area contributed by atoms with Crippen molar-refractivity contribution in [2.45, 2.75) is 20.8 Å². The van der Waals surface area contributed by atoms with Crippen molar-refractivity contribution in [3.05, 3.63) is 23.8 Å². The molecule has 0 atom stereocenters. The number of hydrogen-bond acceptors (Lipinski definition) is 2. The van der Waals surface area contributed by atoms with Crippen LogP contribution in [-0.4, -0.2) is 22.2 Å². The molecule has 13 heavy (non-hydrogen) atoms. The Labute approximate surface area is 77.2 Å². The molecule has 0 bridgehead atoms. The fourth-order valence-corrected chi connectivity index (χ4v) is 0.266. The predicted molar refractivity (Wildman–Crippen MR) is 49.5 cm³/mol. The topological polar surface area (TPSA) is 74.6 Å². The quantitative estimate of drug-likeness (QED) is 0.643. The summed E-state index contributed by atoms with van der Waals surface area (Å²) in [6.45, 7) is 4.92. The van der Waals surface area contributed by atoms with Crippen LogP contribution in [0.25, 0.3) is 0 Å². The predicted octanol–water partition coefficient (Wildman–Crippen LogP) is 1.68. The monoisotopic (exact) mass is 186 g/mol. The van der Waals surface area contributed by atoms with Crippen molar-refractivity contribution >= 4 is 11.9 Å². The number of hydrogen-bond donors (Lipinski definition) is 2. The Morgan fingerprint density at radius 2 is 1.62 bits per heavy atom. The van der Waals surface area contributed by atoms with Crippen LogP contribution in [0.5, 0.6) is 0 Å². The zero-order chi connectivity index (χ0) is 10.9. The Hall–Kier alpha value is -1.58. The molecule has 0 fully saturated rings. The van der Waals surface area contributed by atoms with Crippen molar-refractivity contribution in [2.75, 3.05) is 0 Å². The van der Waals surface area contributed by atoms with Gasteiger partial charge in [-0.2, -0.15) is 0 Å². The standard InChI is InChI=1S/C5H8O2.C4H6O2/c1-3-4(2)5(6)7;1-2-3-4(5)6/h3H,1-2H3,(H,6,7);2-3H,1H3,(H,5,6). The molecule has 2 N–H and O–H groups in total. The molecule has 0 saturated heterocycles. The molecular weight excluding hydrogens is 172 g/mol. The minimum Gasteiger partial charge on any atom is -0.478 e. The van der Waals surface area contributed by atoms with Gasteiger partial charge in [-0.05, 0) is 20.8 Å². The second kappa shape index (κ2) is 8.52. The number of rotatable bonds is 2. The van der Waals surface area contributed by atoms with Crippen molar-refractivity contribution in [3.63, 3.8) is 0 Å². The van der Waals surface area contributed by atoms with Gasteiger partial charge in [0.05, 0.1) is 0 Å². The van der Waals surface area contributed by atoms with E-state index in [1.807, 2.05) is 0 Å². The van der Waals surface area contributed by atoms with E-state index in [1.54, 1.807) is 26.8 Å². The van der Waals surface area contributed by atoms with Crippen LogP contribution in [0.4, 0.5) is 0 Å². The third-order valence-electron chi connectivity index (χ3n) is 1.08. The highest BCUT2D eigenvalue weighted by Crippen LogP contribution is 1.87. The molecule has 0 rings (SSSR count). The molecule has 4 nitrogen and oxygen atoms in total. The summed E-state index contributed by atoms with van der Waals surface area (Å²) in [5.74, 6) is -1.74. The average molecular weight is 186 g/mol. The molecule has 0 amide bonds. The van der Waals surface area contributed by atoms with E-state index in [9.17, 15) is 9.59 Å². The SMILES string of the molecule is CC=C(C)C(=O)O.CC=CC(=O)O. The van der Waals surface area contributed by atoms with Crippen molar-refractivity contribution in [1.82, 2.24) is 0 Å². The fraction of sp³-hybridized carbons (Fsp3) is 0.333. The van der Waals surface area contributed by atoms with Gasteiger partial charge in [0, 0.05) is 11.6 Å². The molecule has 0 aromatic heterocycles. The second-order valence-corrected chi connectivity index (χ2v) is 2.12. The van der Waals surface area contributed by atoms with E-state index >= 15 is 0 Å². The van der Waals surface area contributed by atoms with Gasteiger partial charge in [0.1, 0.15) is 0 Å². The van der Waals surface area contributed by atoms with Gasteiger partial charge in [-0.1, -0.05) is 12.2 Å². The molecule has 74 valence electrons. The summed E-state index contributed by atoms with van der Waals surface area (Å²) in [5.41, 5.74) is 0.389. The molecular formula is C9H14O4. The van der Waals surface area contributed by atoms with E-state index in [1.165, 1.54) is 6.08 Å². The maximum Gasteiger partial charge on any atom is 0.330 e. The van der Waals surface area contributed by atoms with Gasteiger partial charge >= 0.3 is 11.9 Å². The first-order chi connectivity index (χ1) is 5.95.